The Morgan fingerprint density at radius 1 is 1.35 bits per heavy atom. The number of aryl methyl sites for hydroxylation is 2. The highest BCUT2D eigenvalue weighted by Gasteiger charge is 2.00. The molecule has 0 spiro atoms. The molecule has 0 radical (unpaired) electrons. The molecule has 0 aliphatic heterocycles. The summed E-state index contributed by atoms with van der Waals surface area (Å²) >= 11 is 1.69. The van der Waals surface area contributed by atoms with E-state index in [4.69, 9.17) is 0 Å². The SMILES string of the molecule is CCc1cc(NCCc2nccs2)nc(C)n1. The minimum absolute atomic E-state index is 0.820. The number of hydrogen-bond donors (Lipinski definition) is 1. The summed E-state index contributed by atoms with van der Waals surface area (Å²) < 4.78 is 0. The lowest BCUT2D eigenvalue weighted by molar-refractivity contribution is 0.929. The van der Waals surface area contributed by atoms with Gasteiger partial charge in [0.1, 0.15) is 11.6 Å². The predicted molar refractivity (Wildman–Crippen MR) is 70.5 cm³/mol. The number of anilines is 1. The second-order valence-corrected chi connectivity index (χ2v) is 4.73. The van der Waals surface area contributed by atoms with Crippen LogP contribution in [0.2, 0.25) is 0 Å². The zero-order valence-corrected chi connectivity index (χ0v) is 10.9. The minimum Gasteiger partial charge on any atom is -0.370 e. The van der Waals surface area contributed by atoms with Crippen LogP contribution in [0.25, 0.3) is 0 Å². The van der Waals surface area contributed by atoms with Crippen molar-refractivity contribution < 1.29 is 0 Å². The van der Waals surface area contributed by atoms with Gasteiger partial charge in [-0.05, 0) is 13.3 Å². The third-order valence-corrected chi connectivity index (χ3v) is 3.22. The lowest BCUT2D eigenvalue weighted by atomic mass is 10.3. The van der Waals surface area contributed by atoms with Gasteiger partial charge < -0.3 is 5.32 Å². The summed E-state index contributed by atoms with van der Waals surface area (Å²) in [5, 5.41) is 6.47. The van der Waals surface area contributed by atoms with Gasteiger partial charge >= 0.3 is 0 Å². The van der Waals surface area contributed by atoms with E-state index in [0.29, 0.717) is 0 Å². The number of hydrogen-bond acceptors (Lipinski definition) is 5. The first-order valence-electron chi connectivity index (χ1n) is 5.74. The zero-order chi connectivity index (χ0) is 12.1. The molecule has 17 heavy (non-hydrogen) atoms. The zero-order valence-electron chi connectivity index (χ0n) is 10.1. The van der Waals surface area contributed by atoms with Crippen LogP contribution in [0.3, 0.4) is 0 Å². The van der Waals surface area contributed by atoms with Crippen molar-refractivity contribution in [2.75, 3.05) is 11.9 Å². The molecule has 0 fully saturated rings. The van der Waals surface area contributed by atoms with Gasteiger partial charge in [0.05, 0.1) is 5.01 Å². The van der Waals surface area contributed by atoms with E-state index in [1.165, 1.54) is 0 Å². The fraction of sp³-hybridized carbons (Fsp3) is 0.417. The van der Waals surface area contributed by atoms with E-state index in [0.717, 1.165) is 41.7 Å². The van der Waals surface area contributed by atoms with Crippen LogP contribution in [0.5, 0.6) is 0 Å². The Bertz CT molecular complexity index is 467. The Balaban J connectivity index is 1.92. The number of nitrogens with zero attached hydrogens (tertiary/aromatic N) is 3. The van der Waals surface area contributed by atoms with E-state index in [9.17, 15) is 0 Å². The average molecular weight is 248 g/mol. The highest BCUT2D eigenvalue weighted by Crippen LogP contribution is 2.09. The standard InChI is InChI=1S/C12H16N4S/c1-3-10-8-11(16-9(2)15-10)13-5-4-12-14-6-7-17-12/h6-8H,3-5H2,1-2H3,(H,13,15,16). The Kier molecular flexibility index (Phi) is 4.03. The van der Waals surface area contributed by atoms with Gasteiger partial charge in [-0.3, -0.25) is 0 Å². The minimum atomic E-state index is 0.820. The molecule has 2 aromatic rings. The lowest BCUT2D eigenvalue weighted by Gasteiger charge is -2.06. The molecule has 2 heterocycles. The molecule has 2 rings (SSSR count). The van der Waals surface area contributed by atoms with Crippen LogP contribution in [0.4, 0.5) is 5.82 Å². The van der Waals surface area contributed by atoms with Gasteiger partial charge in [0.25, 0.3) is 0 Å². The summed E-state index contributed by atoms with van der Waals surface area (Å²) in [7, 11) is 0. The molecular weight excluding hydrogens is 232 g/mol. The molecule has 4 nitrogen and oxygen atoms in total. The fourth-order valence-electron chi connectivity index (χ4n) is 1.58. The van der Waals surface area contributed by atoms with Gasteiger partial charge in [-0.1, -0.05) is 6.92 Å². The molecule has 0 atom stereocenters. The van der Waals surface area contributed by atoms with Crippen molar-refractivity contribution in [1.82, 2.24) is 15.0 Å². The quantitative estimate of drug-likeness (QED) is 0.883. The molecule has 0 unspecified atom stereocenters. The van der Waals surface area contributed by atoms with E-state index in [-0.39, 0.29) is 0 Å². The van der Waals surface area contributed by atoms with Gasteiger partial charge in [-0.15, -0.1) is 11.3 Å². The molecule has 0 aromatic carbocycles. The molecule has 0 aliphatic carbocycles. The Hall–Kier alpha value is -1.49. The number of thiazole rings is 1. The molecule has 1 N–H and O–H groups in total. The van der Waals surface area contributed by atoms with Crippen LogP contribution in [0, 0.1) is 6.92 Å². The fourth-order valence-corrected chi connectivity index (χ4v) is 2.20. The smallest absolute Gasteiger partial charge is 0.129 e. The molecule has 0 saturated carbocycles. The molecule has 0 aliphatic rings. The van der Waals surface area contributed by atoms with E-state index in [1.807, 2.05) is 24.6 Å². The van der Waals surface area contributed by atoms with Gasteiger partial charge in [0, 0.05) is 36.3 Å². The predicted octanol–water partition coefficient (Wildman–Crippen LogP) is 2.46. The van der Waals surface area contributed by atoms with E-state index < -0.39 is 0 Å². The number of aromatic nitrogens is 3. The van der Waals surface area contributed by atoms with Crippen molar-refractivity contribution in [2.45, 2.75) is 26.7 Å². The lowest BCUT2D eigenvalue weighted by Crippen LogP contribution is -2.08. The highest BCUT2D eigenvalue weighted by molar-refractivity contribution is 7.09. The van der Waals surface area contributed by atoms with Crippen LogP contribution < -0.4 is 5.32 Å². The maximum atomic E-state index is 4.36. The van der Waals surface area contributed by atoms with Crippen LogP contribution >= 0.6 is 11.3 Å². The molecule has 5 heteroatoms. The molecule has 2 aromatic heterocycles. The summed E-state index contributed by atoms with van der Waals surface area (Å²) in [5.41, 5.74) is 1.08. The summed E-state index contributed by atoms with van der Waals surface area (Å²) in [6.07, 6.45) is 3.71. The van der Waals surface area contributed by atoms with Gasteiger partial charge in [0.2, 0.25) is 0 Å². The molecule has 90 valence electrons. The number of rotatable bonds is 5. The van der Waals surface area contributed by atoms with Gasteiger partial charge in [0.15, 0.2) is 0 Å². The van der Waals surface area contributed by atoms with Crippen LogP contribution in [-0.4, -0.2) is 21.5 Å². The van der Waals surface area contributed by atoms with E-state index in [2.05, 4.69) is 27.2 Å². The van der Waals surface area contributed by atoms with Crippen LogP contribution in [0.1, 0.15) is 23.4 Å². The summed E-state index contributed by atoms with van der Waals surface area (Å²) in [6.45, 7) is 4.87. The van der Waals surface area contributed by atoms with E-state index >= 15 is 0 Å². The van der Waals surface area contributed by atoms with Gasteiger partial charge in [-0.2, -0.15) is 0 Å². The van der Waals surface area contributed by atoms with E-state index in [1.54, 1.807) is 11.3 Å². The molecule has 0 bridgehead atoms. The summed E-state index contributed by atoms with van der Waals surface area (Å²) in [5.74, 6) is 1.73. The Morgan fingerprint density at radius 2 is 2.24 bits per heavy atom. The van der Waals surface area contributed by atoms with Crippen molar-refractivity contribution in [3.63, 3.8) is 0 Å². The highest BCUT2D eigenvalue weighted by atomic mass is 32.1. The van der Waals surface area contributed by atoms with Crippen molar-refractivity contribution in [1.29, 1.82) is 0 Å². The largest absolute Gasteiger partial charge is 0.370 e. The second kappa shape index (κ2) is 5.72. The average Bonchev–Trinajstić information content (AvgIpc) is 2.81. The first-order chi connectivity index (χ1) is 8.28. The maximum Gasteiger partial charge on any atom is 0.129 e. The van der Waals surface area contributed by atoms with Crippen LogP contribution in [-0.2, 0) is 12.8 Å². The Labute approximate surface area is 105 Å². The topological polar surface area (TPSA) is 50.7 Å². The first-order valence-corrected chi connectivity index (χ1v) is 6.62. The molecular formula is C12H16N4S. The summed E-state index contributed by atoms with van der Waals surface area (Å²) in [6, 6.07) is 2.01. The van der Waals surface area contributed by atoms with Crippen molar-refractivity contribution in [2.24, 2.45) is 0 Å². The second-order valence-electron chi connectivity index (χ2n) is 3.75. The Morgan fingerprint density at radius 3 is 2.94 bits per heavy atom. The number of nitrogens with one attached hydrogen (secondary N) is 1. The third-order valence-electron chi connectivity index (χ3n) is 2.38. The van der Waals surface area contributed by atoms with Crippen molar-refractivity contribution in [3.05, 3.63) is 34.2 Å². The normalized spacial score (nSPS) is 10.5. The monoisotopic (exact) mass is 248 g/mol. The van der Waals surface area contributed by atoms with Crippen molar-refractivity contribution in [3.8, 4) is 0 Å². The molecule has 0 saturated heterocycles. The van der Waals surface area contributed by atoms with Gasteiger partial charge in [-0.25, -0.2) is 15.0 Å². The third kappa shape index (κ3) is 3.49. The van der Waals surface area contributed by atoms with Crippen molar-refractivity contribution >= 4 is 17.2 Å². The van der Waals surface area contributed by atoms with Crippen LogP contribution in [0.15, 0.2) is 17.6 Å². The first kappa shape index (κ1) is 12.0. The molecule has 0 amide bonds. The summed E-state index contributed by atoms with van der Waals surface area (Å²) in [4.78, 5) is 13.0. The maximum absolute atomic E-state index is 4.36.